The van der Waals surface area contributed by atoms with Crippen LogP contribution in [0.4, 0.5) is 0 Å². The Bertz CT molecular complexity index is 576. The SMILES string of the molecule is CCNC(=NCc1cccc(C)c1)NCc1ccccc1. The highest BCUT2D eigenvalue weighted by Gasteiger charge is 1.98. The van der Waals surface area contributed by atoms with Gasteiger partial charge in [0.25, 0.3) is 0 Å². The number of rotatable bonds is 5. The zero-order valence-electron chi connectivity index (χ0n) is 12.8. The molecule has 0 amide bonds. The van der Waals surface area contributed by atoms with E-state index >= 15 is 0 Å². The standard InChI is InChI=1S/C18H23N3/c1-3-19-18(20-13-16-9-5-4-6-10-16)21-14-17-11-7-8-15(2)12-17/h4-12H,3,13-14H2,1-2H3,(H2,19,20,21). The number of hydrogen-bond acceptors (Lipinski definition) is 1. The summed E-state index contributed by atoms with van der Waals surface area (Å²) >= 11 is 0. The van der Waals surface area contributed by atoms with Gasteiger partial charge in [0.2, 0.25) is 0 Å². The van der Waals surface area contributed by atoms with E-state index in [1.54, 1.807) is 0 Å². The number of benzene rings is 2. The number of hydrogen-bond donors (Lipinski definition) is 2. The van der Waals surface area contributed by atoms with E-state index in [0.717, 1.165) is 19.0 Å². The van der Waals surface area contributed by atoms with E-state index in [1.165, 1.54) is 16.7 Å². The van der Waals surface area contributed by atoms with Gasteiger partial charge in [-0.15, -0.1) is 0 Å². The predicted molar refractivity (Wildman–Crippen MR) is 89.3 cm³/mol. The number of aliphatic imine (C=N–C) groups is 1. The number of guanidine groups is 1. The molecule has 3 nitrogen and oxygen atoms in total. The fraction of sp³-hybridized carbons (Fsp3) is 0.278. The summed E-state index contributed by atoms with van der Waals surface area (Å²) in [5.41, 5.74) is 3.75. The fourth-order valence-electron chi connectivity index (χ4n) is 2.10. The summed E-state index contributed by atoms with van der Waals surface area (Å²) in [5.74, 6) is 0.850. The second-order valence-electron chi connectivity index (χ2n) is 5.02. The van der Waals surface area contributed by atoms with E-state index < -0.39 is 0 Å². The first-order valence-electron chi connectivity index (χ1n) is 7.39. The molecule has 2 rings (SSSR count). The highest BCUT2D eigenvalue weighted by molar-refractivity contribution is 5.79. The van der Waals surface area contributed by atoms with Crippen LogP contribution >= 0.6 is 0 Å². The van der Waals surface area contributed by atoms with Crippen LogP contribution in [0.15, 0.2) is 59.6 Å². The lowest BCUT2D eigenvalue weighted by atomic mass is 10.1. The Morgan fingerprint density at radius 3 is 2.43 bits per heavy atom. The third-order valence-electron chi connectivity index (χ3n) is 3.15. The molecule has 0 saturated carbocycles. The van der Waals surface area contributed by atoms with E-state index in [-0.39, 0.29) is 0 Å². The van der Waals surface area contributed by atoms with Crippen LogP contribution in [0.1, 0.15) is 23.6 Å². The zero-order chi connectivity index (χ0) is 14.9. The normalized spacial score (nSPS) is 11.2. The Balaban J connectivity index is 1.96. The van der Waals surface area contributed by atoms with Crippen molar-refractivity contribution in [2.45, 2.75) is 26.9 Å². The number of nitrogens with one attached hydrogen (secondary N) is 2. The summed E-state index contributed by atoms with van der Waals surface area (Å²) in [4.78, 5) is 4.63. The van der Waals surface area contributed by atoms with Gasteiger partial charge in [-0.1, -0.05) is 60.2 Å². The van der Waals surface area contributed by atoms with Gasteiger partial charge in [-0.3, -0.25) is 0 Å². The van der Waals surface area contributed by atoms with Crippen LogP contribution < -0.4 is 10.6 Å². The van der Waals surface area contributed by atoms with E-state index in [9.17, 15) is 0 Å². The first-order chi connectivity index (χ1) is 10.3. The summed E-state index contributed by atoms with van der Waals surface area (Å²) in [6.45, 7) is 6.50. The molecule has 0 aliphatic rings. The quantitative estimate of drug-likeness (QED) is 0.652. The van der Waals surface area contributed by atoms with Crippen molar-refractivity contribution >= 4 is 5.96 Å². The van der Waals surface area contributed by atoms with Gasteiger partial charge in [0.05, 0.1) is 6.54 Å². The molecule has 0 aliphatic carbocycles. The molecule has 3 heteroatoms. The maximum absolute atomic E-state index is 4.63. The second-order valence-corrected chi connectivity index (χ2v) is 5.02. The maximum Gasteiger partial charge on any atom is 0.191 e. The van der Waals surface area contributed by atoms with Crippen molar-refractivity contribution in [2.24, 2.45) is 4.99 Å². The molecule has 0 fully saturated rings. The molecule has 0 spiro atoms. The molecule has 110 valence electrons. The average molecular weight is 281 g/mol. The fourth-order valence-corrected chi connectivity index (χ4v) is 2.10. The Morgan fingerprint density at radius 2 is 1.71 bits per heavy atom. The van der Waals surface area contributed by atoms with E-state index in [1.807, 2.05) is 18.2 Å². The molecular formula is C18H23N3. The van der Waals surface area contributed by atoms with Crippen LogP contribution in [0.5, 0.6) is 0 Å². The Morgan fingerprint density at radius 1 is 0.952 bits per heavy atom. The Kier molecular flexibility index (Phi) is 5.83. The molecule has 0 heterocycles. The molecule has 0 aliphatic heterocycles. The first kappa shape index (κ1) is 15.1. The summed E-state index contributed by atoms with van der Waals surface area (Å²) in [6.07, 6.45) is 0. The average Bonchev–Trinajstić information content (AvgIpc) is 2.51. The van der Waals surface area contributed by atoms with Crippen molar-refractivity contribution < 1.29 is 0 Å². The topological polar surface area (TPSA) is 36.4 Å². The van der Waals surface area contributed by atoms with Crippen molar-refractivity contribution in [2.75, 3.05) is 6.54 Å². The highest BCUT2D eigenvalue weighted by atomic mass is 15.2. The molecule has 0 aromatic heterocycles. The van der Waals surface area contributed by atoms with Crippen LogP contribution in [-0.4, -0.2) is 12.5 Å². The smallest absolute Gasteiger partial charge is 0.191 e. The highest BCUT2D eigenvalue weighted by Crippen LogP contribution is 2.05. The third-order valence-corrected chi connectivity index (χ3v) is 3.15. The lowest BCUT2D eigenvalue weighted by Crippen LogP contribution is -2.36. The van der Waals surface area contributed by atoms with Gasteiger partial charge in [0, 0.05) is 13.1 Å². The van der Waals surface area contributed by atoms with Crippen LogP contribution in [-0.2, 0) is 13.1 Å². The minimum absolute atomic E-state index is 0.686. The van der Waals surface area contributed by atoms with Gasteiger partial charge in [0.15, 0.2) is 5.96 Å². The van der Waals surface area contributed by atoms with E-state index in [0.29, 0.717) is 6.54 Å². The van der Waals surface area contributed by atoms with Crippen LogP contribution in [0.25, 0.3) is 0 Å². The summed E-state index contributed by atoms with van der Waals surface area (Å²) in [7, 11) is 0. The molecule has 2 aromatic carbocycles. The molecule has 0 bridgehead atoms. The number of aryl methyl sites for hydroxylation is 1. The number of nitrogens with zero attached hydrogens (tertiary/aromatic N) is 1. The zero-order valence-corrected chi connectivity index (χ0v) is 12.8. The molecule has 0 saturated heterocycles. The van der Waals surface area contributed by atoms with Crippen molar-refractivity contribution in [3.05, 3.63) is 71.3 Å². The Labute approximate surface area is 127 Å². The third kappa shape index (κ3) is 5.30. The van der Waals surface area contributed by atoms with Crippen molar-refractivity contribution in [3.8, 4) is 0 Å². The van der Waals surface area contributed by atoms with Crippen molar-refractivity contribution in [3.63, 3.8) is 0 Å². The minimum Gasteiger partial charge on any atom is -0.357 e. The van der Waals surface area contributed by atoms with Gasteiger partial charge in [0.1, 0.15) is 0 Å². The molecule has 0 unspecified atom stereocenters. The predicted octanol–water partition coefficient (Wildman–Crippen LogP) is 3.25. The summed E-state index contributed by atoms with van der Waals surface area (Å²) < 4.78 is 0. The van der Waals surface area contributed by atoms with Gasteiger partial charge < -0.3 is 10.6 Å². The minimum atomic E-state index is 0.686. The Hall–Kier alpha value is -2.29. The first-order valence-corrected chi connectivity index (χ1v) is 7.39. The van der Waals surface area contributed by atoms with Crippen LogP contribution in [0.3, 0.4) is 0 Å². The van der Waals surface area contributed by atoms with Gasteiger partial charge in [-0.25, -0.2) is 4.99 Å². The van der Waals surface area contributed by atoms with Gasteiger partial charge in [-0.2, -0.15) is 0 Å². The second kappa shape index (κ2) is 8.10. The van der Waals surface area contributed by atoms with Crippen molar-refractivity contribution in [1.82, 2.24) is 10.6 Å². The molecule has 0 radical (unpaired) electrons. The maximum atomic E-state index is 4.63. The largest absolute Gasteiger partial charge is 0.357 e. The van der Waals surface area contributed by atoms with Gasteiger partial charge in [-0.05, 0) is 25.0 Å². The lowest BCUT2D eigenvalue weighted by Gasteiger charge is -2.11. The van der Waals surface area contributed by atoms with Gasteiger partial charge >= 0.3 is 0 Å². The monoisotopic (exact) mass is 281 g/mol. The summed E-state index contributed by atoms with van der Waals surface area (Å²) in [6, 6.07) is 18.8. The van der Waals surface area contributed by atoms with E-state index in [2.05, 4.69) is 65.9 Å². The van der Waals surface area contributed by atoms with Crippen LogP contribution in [0.2, 0.25) is 0 Å². The van der Waals surface area contributed by atoms with E-state index in [4.69, 9.17) is 0 Å². The van der Waals surface area contributed by atoms with Crippen molar-refractivity contribution in [1.29, 1.82) is 0 Å². The summed E-state index contributed by atoms with van der Waals surface area (Å²) in [5, 5.41) is 6.64. The molecular weight excluding hydrogens is 258 g/mol. The molecule has 21 heavy (non-hydrogen) atoms. The molecule has 2 N–H and O–H groups in total. The molecule has 0 atom stereocenters. The molecule has 2 aromatic rings. The lowest BCUT2D eigenvalue weighted by molar-refractivity contribution is 0.816. The van der Waals surface area contributed by atoms with Crippen LogP contribution in [0, 0.1) is 6.92 Å².